The monoisotopic (exact) mass is 331 g/mol. The number of carbonyl (C=O) groups is 1. The molecule has 0 bridgehead atoms. The van der Waals surface area contributed by atoms with Gasteiger partial charge in [0.25, 0.3) is 5.91 Å². The Balaban J connectivity index is 1.53. The molecule has 3 aromatic carbocycles. The molecule has 0 radical (unpaired) electrons. The molecule has 1 amide bonds. The van der Waals surface area contributed by atoms with E-state index in [1.165, 1.54) is 5.39 Å². The van der Waals surface area contributed by atoms with Crippen LogP contribution in [0.1, 0.15) is 16.1 Å². The van der Waals surface area contributed by atoms with E-state index in [1.54, 1.807) is 13.2 Å². The van der Waals surface area contributed by atoms with Crippen LogP contribution in [0.25, 0.3) is 21.7 Å². The molecule has 0 unspecified atom stereocenters. The first kappa shape index (κ1) is 15.3. The molecule has 4 aromatic rings. The number of para-hydroxylation sites is 1. The van der Waals surface area contributed by atoms with Gasteiger partial charge in [0.15, 0.2) is 17.1 Å². The van der Waals surface area contributed by atoms with Crippen LogP contribution in [0.3, 0.4) is 0 Å². The predicted octanol–water partition coefficient (Wildman–Crippen LogP) is 4.52. The maximum absolute atomic E-state index is 12.4. The van der Waals surface area contributed by atoms with Gasteiger partial charge in [-0.2, -0.15) is 0 Å². The third-order valence-corrected chi connectivity index (χ3v) is 4.22. The van der Waals surface area contributed by atoms with Crippen LogP contribution >= 0.6 is 0 Å². The largest absolute Gasteiger partial charge is 0.493 e. The van der Waals surface area contributed by atoms with E-state index in [4.69, 9.17) is 9.15 Å². The Hall–Kier alpha value is -3.27. The van der Waals surface area contributed by atoms with Crippen molar-refractivity contribution in [3.63, 3.8) is 0 Å². The topological polar surface area (TPSA) is 51.5 Å². The van der Waals surface area contributed by atoms with Gasteiger partial charge < -0.3 is 14.5 Å². The number of rotatable bonds is 4. The number of hydrogen-bond acceptors (Lipinski definition) is 3. The summed E-state index contributed by atoms with van der Waals surface area (Å²) >= 11 is 0. The summed E-state index contributed by atoms with van der Waals surface area (Å²) in [5, 5.41) is 6.09. The quantitative estimate of drug-likeness (QED) is 0.598. The van der Waals surface area contributed by atoms with Crippen molar-refractivity contribution in [3.05, 3.63) is 78.1 Å². The molecule has 0 saturated carbocycles. The summed E-state index contributed by atoms with van der Waals surface area (Å²) < 4.78 is 10.9. The average molecular weight is 331 g/mol. The van der Waals surface area contributed by atoms with E-state index in [9.17, 15) is 4.79 Å². The third kappa shape index (κ3) is 2.94. The first-order valence-corrected chi connectivity index (χ1v) is 8.07. The maximum atomic E-state index is 12.4. The lowest BCUT2D eigenvalue weighted by Gasteiger charge is -2.05. The molecule has 0 spiro atoms. The molecule has 1 N–H and O–H groups in total. The molecule has 0 fully saturated rings. The predicted molar refractivity (Wildman–Crippen MR) is 97.9 cm³/mol. The van der Waals surface area contributed by atoms with E-state index in [2.05, 4.69) is 29.6 Å². The Kier molecular flexibility index (Phi) is 3.86. The van der Waals surface area contributed by atoms with Crippen LogP contribution in [-0.2, 0) is 6.54 Å². The molecule has 4 nitrogen and oxygen atoms in total. The second-order valence-corrected chi connectivity index (χ2v) is 5.85. The fraction of sp³-hybridized carbons (Fsp3) is 0.0952. The van der Waals surface area contributed by atoms with E-state index < -0.39 is 0 Å². The zero-order valence-corrected chi connectivity index (χ0v) is 13.8. The van der Waals surface area contributed by atoms with E-state index in [0.717, 1.165) is 16.3 Å². The maximum Gasteiger partial charge on any atom is 0.287 e. The first-order chi connectivity index (χ1) is 12.2. The molecule has 0 aliphatic rings. The van der Waals surface area contributed by atoms with E-state index in [-0.39, 0.29) is 11.7 Å². The van der Waals surface area contributed by atoms with Crippen LogP contribution in [0.2, 0.25) is 0 Å². The van der Waals surface area contributed by atoms with Crippen LogP contribution in [0.5, 0.6) is 5.75 Å². The number of methoxy groups -OCH3 is 1. The second-order valence-electron chi connectivity index (χ2n) is 5.85. The highest BCUT2D eigenvalue weighted by Gasteiger charge is 2.14. The summed E-state index contributed by atoms with van der Waals surface area (Å²) in [5.41, 5.74) is 1.63. The van der Waals surface area contributed by atoms with Crippen molar-refractivity contribution in [1.82, 2.24) is 5.32 Å². The van der Waals surface area contributed by atoms with E-state index in [1.807, 2.05) is 36.4 Å². The molecule has 25 heavy (non-hydrogen) atoms. The SMILES string of the molecule is COc1cccc2cc(C(=O)NCc3ccc4ccccc4c3)oc12. The number of fused-ring (bicyclic) bond motifs is 2. The van der Waals surface area contributed by atoms with Crippen LogP contribution in [-0.4, -0.2) is 13.0 Å². The number of nitrogens with one attached hydrogen (secondary N) is 1. The van der Waals surface area contributed by atoms with Gasteiger partial charge in [-0.05, 0) is 34.5 Å². The Morgan fingerprint density at radius 1 is 0.960 bits per heavy atom. The van der Waals surface area contributed by atoms with Gasteiger partial charge in [-0.25, -0.2) is 0 Å². The van der Waals surface area contributed by atoms with Gasteiger partial charge in [-0.15, -0.1) is 0 Å². The molecule has 0 atom stereocenters. The van der Waals surface area contributed by atoms with Crippen molar-refractivity contribution in [1.29, 1.82) is 0 Å². The van der Waals surface area contributed by atoms with E-state index >= 15 is 0 Å². The molecule has 4 rings (SSSR count). The fourth-order valence-electron chi connectivity index (χ4n) is 2.93. The third-order valence-electron chi connectivity index (χ3n) is 4.22. The van der Waals surface area contributed by atoms with Crippen LogP contribution in [0.4, 0.5) is 0 Å². The Bertz CT molecular complexity index is 1070. The molecule has 0 aliphatic heterocycles. The van der Waals surface area contributed by atoms with Crippen molar-refractivity contribution in [2.75, 3.05) is 7.11 Å². The summed E-state index contributed by atoms with van der Waals surface area (Å²) in [6.07, 6.45) is 0. The number of carbonyl (C=O) groups excluding carboxylic acids is 1. The molecule has 4 heteroatoms. The lowest BCUT2D eigenvalue weighted by Crippen LogP contribution is -2.22. The molecule has 0 aliphatic carbocycles. The van der Waals surface area contributed by atoms with Gasteiger partial charge in [-0.1, -0.05) is 48.5 Å². The first-order valence-electron chi connectivity index (χ1n) is 8.07. The van der Waals surface area contributed by atoms with Crippen LogP contribution < -0.4 is 10.1 Å². The van der Waals surface area contributed by atoms with Crippen molar-refractivity contribution in [2.45, 2.75) is 6.54 Å². The minimum Gasteiger partial charge on any atom is -0.493 e. The second kappa shape index (κ2) is 6.32. The van der Waals surface area contributed by atoms with Gasteiger partial charge in [0.1, 0.15) is 0 Å². The summed E-state index contributed by atoms with van der Waals surface area (Å²) in [6.45, 7) is 0.442. The Morgan fingerprint density at radius 3 is 2.60 bits per heavy atom. The number of furan rings is 1. The number of hydrogen-bond donors (Lipinski definition) is 1. The standard InChI is InChI=1S/C21H17NO3/c1-24-18-8-4-7-17-12-19(25-20(17)18)21(23)22-13-14-9-10-15-5-2-3-6-16(15)11-14/h2-12H,13H2,1H3,(H,22,23). The summed E-state index contributed by atoms with van der Waals surface area (Å²) in [5.74, 6) is 0.651. The molecular formula is C21H17NO3. The highest BCUT2D eigenvalue weighted by molar-refractivity contribution is 5.97. The summed E-state index contributed by atoms with van der Waals surface area (Å²) in [6, 6.07) is 21.6. The van der Waals surface area contributed by atoms with Gasteiger partial charge in [-0.3, -0.25) is 4.79 Å². The minimum absolute atomic E-state index is 0.244. The highest BCUT2D eigenvalue weighted by atomic mass is 16.5. The smallest absolute Gasteiger partial charge is 0.287 e. The van der Waals surface area contributed by atoms with Crippen molar-refractivity contribution in [3.8, 4) is 5.75 Å². The highest BCUT2D eigenvalue weighted by Crippen LogP contribution is 2.28. The van der Waals surface area contributed by atoms with Gasteiger partial charge in [0.05, 0.1) is 7.11 Å². The Morgan fingerprint density at radius 2 is 1.76 bits per heavy atom. The lowest BCUT2D eigenvalue weighted by molar-refractivity contribution is 0.0925. The van der Waals surface area contributed by atoms with Crippen LogP contribution in [0.15, 0.2) is 71.1 Å². The Labute approximate surface area is 145 Å². The van der Waals surface area contributed by atoms with Gasteiger partial charge >= 0.3 is 0 Å². The summed E-state index contributed by atoms with van der Waals surface area (Å²) in [7, 11) is 1.58. The number of ether oxygens (including phenoxy) is 1. The lowest BCUT2D eigenvalue weighted by atomic mass is 10.1. The summed E-state index contributed by atoms with van der Waals surface area (Å²) in [4.78, 5) is 12.4. The van der Waals surface area contributed by atoms with Crippen LogP contribution in [0, 0.1) is 0 Å². The number of amides is 1. The molecule has 0 saturated heterocycles. The van der Waals surface area contributed by atoms with Gasteiger partial charge in [0.2, 0.25) is 0 Å². The van der Waals surface area contributed by atoms with Crippen molar-refractivity contribution in [2.24, 2.45) is 0 Å². The molecule has 1 heterocycles. The minimum atomic E-state index is -0.244. The number of benzene rings is 3. The molecule has 124 valence electrons. The molecule has 1 aromatic heterocycles. The average Bonchev–Trinajstić information content (AvgIpc) is 3.10. The van der Waals surface area contributed by atoms with Crippen molar-refractivity contribution < 1.29 is 13.9 Å². The van der Waals surface area contributed by atoms with Gasteiger partial charge in [0, 0.05) is 11.9 Å². The zero-order valence-electron chi connectivity index (χ0n) is 13.8. The zero-order chi connectivity index (χ0) is 17.2. The molecular weight excluding hydrogens is 314 g/mol. The normalized spacial score (nSPS) is 10.9. The van der Waals surface area contributed by atoms with Crippen molar-refractivity contribution >= 4 is 27.6 Å². The van der Waals surface area contributed by atoms with E-state index in [0.29, 0.717) is 17.9 Å². The fourth-order valence-corrected chi connectivity index (χ4v) is 2.93.